The lowest BCUT2D eigenvalue weighted by Crippen LogP contribution is -1.93. The van der Waals surface area contributed by atoms with Crippen LogP contribution in [0.15, 0.2) is 33.3 Å². The zero-order chi connectivity index (χ0) is 11.7. The Balaban J connectivity index is 2.58. The molecule has 0 unspecified atom stereocenters. The molecule has 5 nitrogen and oxygen atoms in total. The molecule has 1 heterocycles. The van der Waals surface area contributed by atoms with Crippen LogP contribution in [0.2, 0.25) is 0 Å². The predicted octanol–water partition coefficient (Wildman–Crippen LogP) is 2.51. The van der Waals surface area contributed by atoms with E-state index in [1.54, 1.807) is 18.2 Å². The van der Waals surface area contributed by atoms with Gasteiger partial charge in [0, 0.05) is 5.56 Å². The van der Waals surface area contributed by atoms with Crippen LogP contribution in [-0.4, -0.2) is 21.3 Å². The zero-order valence-corrected chi connectivity index (χ0v) is 9.43. The summed E-state index contributed by atoms with van der Waals surface area (Å²) < 4.78 is 4.87. The molecule has 2 aromatic rings. The molecule has 0 fully saturated rings. The third-order valence-corrected chi connectivity index (χ3v) is 2.72. The molecule has 0 aliphatic heterocycles. The fraction of sp³-hybridized carbons (Fsp3) is 0. The van der Waals surface area contributed by atoms with Gasteiger partial charge in [0.25, 0.3) is 5.76 Å². The van der Waals surface area contributed by atoms with Gasteiger partial charge in [0.15, 0.2) is 0 Å². The van der Waals surface area contributed by atoms with Gasteiger partial charge < -0.3 is 14.7 Å². The summed E-state index contributed by atoms with van der Waals surface area (Å²) >= 11 is 3.07. The number of aromatic hydroxyl groups is 1. The van der Waals surface area contributed by atoms with Crippen LogP contribution < -0.4 is 0 Å². The van der Waals surface area contributed by atoms with Crippen LogP contribution in [-0.2, 0) is 0 Å². The van der Waals surface area contributed by atoms with Crippen LogP contribution in [0.25, 0.3) is 11.3 Å². The van der Waals surface area contributed by atoms with Crippen molar-refractivity contribution in [1.82, 2.24) is 5.16 Å². The van der Waals surface area contributed by atoms with Crippen molar-refractivity contribution in [2.75, 3.05) is 0 Å². The van der Waals surface area contributed by atoms with E-state index in [1.807, 2.05) is 0 Å². The van der Waals surface area contributed by atoms with Crippen LogP contribution >= 0.6 is 15.9 Å². The summed E-state index contributed by atoms with van der Waals surface area (Å²) in [5.74, 6) is -1.51. The highest BCUT2D eigenvalue weighted by Crippen LogP contribution is 2.35. The molecule has 16 heavy (non-hydrogen) atoms. The molecule has 0 aliphatic carbocycles. The Morgan fingerprint density at radius 3 is 2.62 bits per heavy atom. The number of nitrogens with zero attached hydrogens (tertiary/aromatic N) is 1. The Morgan fingerprint density at radius 2 is 2.06 bits per heavy atom. The highest BCUT2D eigenvalue weighted by Gasteiger charge is 2.21. The molecule has 0 radical (unpaired) electrons. The molecule has 0 atom stereocenters. The van der Waals surface area contributed by atoms with E-state index in [9.17, 15) is 9.90 Å². The second-order valence-corrected chi connectivity index (χ2v) is 3.79. The number of hydrogen-bond donors (Lipinski definition) is 2. The number of phenolic OH excluding ortho intramolecular Hbond substituents is 1. The summed E-state index contributed by atoms with van der Waals surface area (Å²) in [5, 5.41) is 22.0. The van der Waals surface area contributed by atoms with Crippen molar-refractivity contribution in [3.05, 3.63) is 34.5 Å². The molecule has 6 heteroatoms. The van der Waals surface area contributed by atoms with E-state index in [1.165, 1.54) is 6.07 Å². The minimum absolute atomic E-state index is 0.00781. The number of aromatic carboxylic acids is 1. The van der Waals surface area contributed by atoms with Crippen LogP contribution in [0.4, 0.5) is 0 Å². The Labute approximate surface area is 98.4 Å². The standard InChI is InChI=1S/C10H6BrNO4/c11-7-8(12-16-9(7)10(14)15)5-3-1-2-4-6(5)13/h1-4,13H,(H,14,15). The molecular weight excluding hydrogens is 278 g/mol. The summed E-state index contributed by atoms with van der Waals surface area (Å²) in [6.07, 6.45) is 0. The normalized spacial score (nSPS) is 10.3. The number of carbonyl (C=O) groups is 1. The largest absolute Gasteiger partial charge is 0.507 e. The predicted molar refractivity (Wildman–Crippen MR) is 58.3 cm³/mol. The molecule has 0 amide bonds. The summed E-state index contributed by atoms with van der Waals surface area (Å²) in [7, 11) is 0. The summed E-state index contributed by atoms with van der Waals surface area (Å²) in [4.78, 5) is 10.7. The highest BCUT2D eigenvalue weighted by atomic mass is 79.9. The van der Waals surface area contributed by atoms with Gasteiger partial charge in [0.1, 0.15) is 15.9 Å². The van der Waals surface area contributed by atoms with Crippen LogP contribution in [0.3, 0.4) is 0 Å². The first-order chi connectivity index (χ1) is 7.61. The number of carboxylic acid groups (broad SMARTS) is 1. The monoisotopic (exact) mass is 283 g/mol. The minimum Gasteiger partial charge on any atom is -0.507 e. The molecular formula is C10H6BrNO4. The van der Waals surface area contributed by atoms with Crippen molar-refractivity contribution < 1.29 is 19.5 Å². The number of phenols is 1. The molecule has 2 rings (SSSR count). The quantitative estimate of drug-likeness (QED) is 0.885. The van der Waals surface area contributed by atoms with Crippen molar-refractivity contribution in [2.45, 2.75) is 0 Å². The fourth-order valence-electron chi connectivity index (χ4n) is 1.25. The molecule has 0 saturated carbocycles. The lowest BCUT2D eigenvalue weighted by atomic mass is 10.1. The van der Waals surface area contributed by atoms with Crippen LogP contribution in [0.5, 0.6) is 5.75 Å². The number of hydrogen-bond acceptors (Lipinski definition) is 4. The van der Waals surface area contributed by atoms with Crippen molar-refractivity contribution in [3.8, 4) is 17.0 Å². The number of aromatic nitrogens is 1. The van der Waals surface area contributed by atoms with Gasteiger partial charge in [-0.2, -0.15) is 0 Å². The maximum Gasteiger partial charge on any atom is 0.375 e. The molecule has 82 valence electrons. The Morgan fingerprint density at radius 1 is 1.38 bits per heavy atom. The van der Waals surface area contributed by atoms with Gasteiger partial charge in [0.05, 0.1) is 0 Å². The van der Waals surface area contributed by atoms with Crippen LogP contribution in [0, 0.1) is 0 Å². The summed E-state index contributed by atoms with van der Waals surface area (Å²) in [5.41, 5.74) is 0.668. The van der Waals surface area contributed by atoms with Gasteiger partial charge in [-0.25, -0.2) is 4.79 Å². The lowest BCUT2D eigenvalue weighted by molar-refractivity contribution is 0.0650. The van der Waals surface area contributed by atoms with E-state index >= 15 is 0 Å². The highest BCUT2D eigenvalue weighted by molar-refractivity contribution is 9.10. The van der Waals surface area contributed by atoms with Gasteiger partial charge in [-0.15, -0.1) is 0 Å². The topological polar surface area (TPSA) is 83.6 Å². The number of benzene rings is 1. The molecule has 2 N–H and O–H groups in total. The average Bonchev–Trinajstić information content (AvgIpc) is 2.61. The molecule has 1 aromatic carbocycles. The maximum atomic E-state index is 10.7. The van der Waals surface area contributed by atoms with E-state index < -0.39 is 5.97 Å². The molecule has 1 aromatic heterocycles. The van der Waals surface area contributed by atoms with Gasteiger partial charge in [-0.05, 0) is 28.1 Å². The maximum absolute atomic E-state index is 10.7. The van der Waals surface area contributed by atoms with Crippen molar-refractivity contribution >= 4 is 21.9 Å². The summed E-state index contributed by atoms with van der Waals surface area (Å²) in [6.45, 7) is 0. The van der Waals surface area contributed by atoms with Gasteiger partial charge in [-0.3, -0.25) is 0 Å². The Hall–Kier alpha value is -1.82. The SMILES string of the molecule is O=C(O)c1onc(-c2ccccc2O)c1Br. The first-order valence-corrected chi connectivity index (χ1v) is 5.07. The van der Waals surface area contributed by atoms with Gasteiger partial charge in [0.2, 0.25) is 0 Å². The van der Waals surface area contributed by atoms with E-state index in [0.29, 0.717) is 5.56 Å². The second-order valence-electron chi connectivity index (χ2n) is 3.00. The number of halogens is 1. The smallest absolute Gasteiger partial charge is 0.375 e. The molecule has 0 aliphatic rings. The van der Waals surface area contributed by atoms with Crippen molar-refractivity contribution in [3.63, 3.8) is 0 Å². The average molecular weight is 284 g/mol. The van der Waals surface area contributed by atoms with Crippen molar-refractivity contribution in [2.24, 2.45) is 0 Å². The minimum atomic E-state index is -1.22. The zero-order valence-electron chi connectivity index (χ0n) is 7.85. The van der Waals surface area contributed by atoms with Gasteiger partial charge in [-0.1, -0.05) is 17.3 Å². The third-order valence-electron chi connectivity index (χ3n) is 1.99. The number of carboxylic acids is 1. The molecule has 0 bridgehead atoms. The van der Waals surface area contributed by atoms with E-state index in [-0.39, 0.29) is 21.7 Å². The van der Waals surface area contributed by atoms with E-state index in [2.05, 4.69) is 25.6 Å². The lowest BCUT2D eigenvalue weighted by Gasteiger charge is -1.99. The summed E-state index contributed by atoms with van der Waals surface area (Å²) in [6, 6.07) is 6.46. The van der Waals surface area contributed by atoms with Crippen LogP contribution in [0.1, 0.15) is 10.6 Å². The van der Waals surface area contributed by atoms with E-state index in [0.717, 1.165) is 0 Å². The Kier molecular flexibility index (Phi) is 2.66. The first kappa shape index (κ1) is 10.7. The third kappa shape index (κ3) is 1.67. The number of rotatable bonds is 2. The van der Waals surface area contributed by atoms with E-state index in [4.69, 9.17) is 5.11 Å². The molecule has 0 saturated heterocycles. The van der Waals surface area contributed by atoms with Gasteiger partial charge >= 0.3 is 5.97 Å². The first-order valence-electron chi connectivity index (χ1n) is 4.28. The second kappa shape index (κ2) is 3.97. The fourth-order valence-corrected chi connectivity index (χ4v) is 1.78. The Bertz CT molecular complexity index is 550. The number of para-hydroxylation sites is 1. The van der Waals surface area contributed by atoms with Crippen molar-refractivity contribution in [1.29, 1.82) is 0 Å². The molecule has 0 spiro atoms.